The van der Waals surface area contributed by atoms with E-state index >= 15 is 0 Å². The Hall–Kier alpha value is -1.91. The standard InChI is InChI=1S/C13H16N4O/c1-14-12-11-4-5-17(13(11)16-8-15-12)10-3-2-9(6-10)7-18/h4-5,7-10H,2-3,6H2,1H3,(H,14,15,16). The zero-order chi connectivity index (χ0) is 12.5. The van der Waals surface area contributed by atoms with Crippen LogP contribution in [0.15, 0.2) is 18.6 Å². The van der Waals surface area contributed by atoms with E-state index in [-0.39, 0.29) is 5.92 Å². The number of carbonyl (C=O) groups excluding carboxylic acids is 1. The van der Waals surface area contributed by atoms with Gasteiger partial charge in [-0.2, -0.15) is 0 Å². The minimum Gasteiger partial charge on any atom is -0.372 e. The summed E-state index contributed by atoms with van der Waals surface area (Å²) in [5, 5.41) is 4.11. The van der Waals surface area contributed by atoms with Crippen molar-refractivity contribution in [1.82, 2.24) is 14.5 Å². The minimum atomic E-state index is 0.207. The highest BCUT2D eigenvalue weighted by Gasteiger charge is 2.26. The van der Waals surface area contributed by atoms with Crippen LogP contribution in [0.25, 0.3) is 11.0 Å². The summed E-state index contributed by atoms with van der Waals surface area (Å²) in [7, 11) is 1.86. The molecule has 2 aromatic heterocycles. The zero-order valence-electron chi connectivity index (χ0n) is 10.3. The van der Waals surface area contributed by atoms with Crippen LogP contribution in [0, 0.1) is 5.92 Å². The topological polar surface area (TPSA) is 59.8 Å². The van der Waals surface area contributed by atoms with Crippen molar-refractivity contribution in [2.24, 2.45) is 5.92 Å². The van der Waals surface area contributed by atoms with Crippen LogP contribution < -0.4 is 5.32 Å². The van der Waals surface area contributed by atoms with Gasteiger partial charge in [-0.25, -0.2) is 9.97 Å². The number of fused-ring (bicyclic) bond motifs is 1. The highest BCUT2D eigenvalue weighted by Crippen LogP contribution is 2.36. The molecule has 3 rings (SSSR count). The van der Waals surface area contributed by atoms with Crippen molar-refractivity contribution >= 4 is 23.1 Å². The Morgan fingerprint density at radius 3 is 3.06 bits per heavy atom. The van der Waals surface area contributed by atoms with Gasteiger partial charge in [-0.1, -0.05) is 0 Å². The Bertz CT molecular complexity index is 577. The van der Waals surface area contributed by atoms with Gasteiger partial charge in [-0.3, -0.25) is 0 Å². The average Bonchev–Trinajstić information content (AvgIpc) is 3.03. The maximum absolute atomic E-state index is 10.8. The summed E-state index contributed by atoms with van der Waals surface area (Å²) >= 11 is 0. The third-order valence-electron chi connectivity index (χ3n) is 3.78. The van der Waals surface area contributed by atoms with E-state index in [4.69, 9.17) is 0 Å². The van der Waals surface area contributed by atoms with E-state index in [0.717, 1.165) is 42.4 Å². The van der Waals surface area contributed by atoms with E-state index < -0.39 is 0 Å². The van der Waals surface area contributed by atoms with Gasteiger partial charge in [0.25, 0.3) is 0 Å². The molecule has 1 fully saturated rings. The maximum atomic E-state index is 10.8. The molecular formula is C13H16N4O. The summed E-state index contributed by atoms with van der Waals surface area (Å²) in [4.78, 5) is 19.4. The number of aldehydes is 1. The van der Waals surface area contributed by atoms with Crippen molar-refractivity contribution in [3.63, 3.8) is 0 Å². The van der Waals surface area contributed by atoms with Gasteiger partial charge in [0.15, 0.2) is 0 Å². The van der Waals surface area contributed by atoms with E-state index in [1.54, 1.807) is 6.33 Å². The fraction of sp³-hybridized carbons (Fsp3) is 0.462. The third-order valence-corrected chi connectivity index (χ3v) is 3.78. The van der Waals surface area contributed by atoms with Crippen molar-refractivity contribution in [3.8, 4) is 0 Å². The second-order valence-electron chi connectivity index (χ2n) is 4.80. The van der Waals surface area contributed by atoms with Gasteiger partial charge in [0.1, 0.15) is 24.1 Å². The molecule has 0 aliphatic heterocycles. The molecule has 5 heteroatoms. The van der Waals surface area contributed by atoms with Gasteiger partial charge in [0, 0.05) is 25.2 Å². The molecule has 2 atom stereocenters. The molecule has 2 unspecified atom stereocenters. The SMILES string of the molecule is CNc1ncnc2c1ccn2C1CCC(C=O)C1. The Morgan fingerprint density at radius 2 is 2.33 bits per heavy atom. The van der Waals surface area contributed by atoms with E-state index in [1.807, 2.05) is 13.1 Å². The Morgan fingerprint density at radius 1 is 1.44 bits per heavy atom. The third kappa shape index (κ3) is 1.66. The van der Waals surface area contributed by atoms with Crippen molar-refractivity contribution in [3.05, 3.63) is 18.6 Å². The first-order valence-electron chi connectivity index (χ1n) is 6.28. The monoisotopic (exact) mass is 244 g/mol. The predicted molar refractivity (Wildman–Crippen MR) is 69.5 cm³/mol. The first-order chi connectivity index (χ1) is 8.83. The first kappa shape index (κ1) is 11.2. The number of nitrogens with one attached hydrogen (secondary N) is 1. The fourth-order valence-electron chi connectivity index (χ4n) is 2.83. The Kier molecular flexibility index (Phi) is 2.74. The molecule has 1 aliphatic rings. The van der Waals surface area contributed by atoms with Crippen LogP contribution in [0.3, 0.4) is 0 Å². The first-order valence-corrected chi connectivity index (χ1v) is 6.28. The van der Waals surface area contributed by atoms with Crippen LogP contribution in [-0.4, -0.2) is 27.9 Å². The number of anilines is 1. The molecular weight excluding hydrogens is 228 g/mol. The van der Waals surface area contributed by atoms with Gasteiger partial charge in [-0.05, 0) is 25.3 Å². The summed E-state index contributed by atoms with van der Waals surface area (Å²) in [6, 6.07) is 2.42. The number of aromatic nitrogens is 3. The summed E-state index contributed by atoms with van der Waals surface area (Å²) in [5.41, 5.74) is 0.950. The predicted octanol–water partition coefficient (Wildman–Crippen LogP) is 2.01. The largest absolute Gasteiger partial charge is 0.372 e. The molecule has 5 nitrogen and oxygen atoms in total. The summed E-state index contributed by atoms with van der Waals surface area (Å²) in [6.07, 6.45) is 7.67. The van der Waals surface area contributed by atoms with Crippen LogP contribution in [0.5, 0.6) is 0 Å². The highest BCUT2D eigenvalue weighted by molar-refractivity contribution is 5.87. The second kappa shape index (κ2) is 4.40. The lowest BCUT2D eigenvalue weighted by atomic mass is 10.1. The molecule has 2 aromatic rings. The summed E-state index contributed by atoms with van der Waals surface area (Å²) in [5.74, 6) is 1.06. The molecule has 0 spiro atoms. The van der Waals surface area contributed by atoms with Crippen LogP contribution in [0.2, 0.25) is 0 Å². The molecule has 0 radical (unpaired) electrons. The van der Waals surface area contributed by atoms with Crippen LogP contribution in [0.4, 0.5) is 5.82 Å². The molecule has 1 aliphatic carbocycles. The molecule has 0 amide bonds. The van der Waals surface area contributed by atoms with Crippen molar-refractivity contribution < 1.29 is 4.79 Å². The van der Waals surface area contributed by atoms with E-state index in [0.29, 0.717) is 6.04 Å². The summed E-state index contributed by atoms with van der Waals surface area (Å²) in [6.45, 7) is 0. The quantitative estimate of drug-likeness (QED) is 0.839. The van der Waals surface area contributed by atoms with Crippen molar-refractivity contribution in [1.29, 1.82) is 0 Å². The summed E-state index contributed by atoms with van der Waals surface area (Å²) < 4.78 is 2.18. The maximum Gasteiger partial charge on any atom is 0.145 e. The number of carbonyl (C=O) groups is 1. The van der Waals surface area contributed by atoms with E-state index in [2.05, 4.69) is 26.0 Å². The molecule has 18 heavy (non-hydrogen) atoms. The lowest BCUT2D eigenvalue weighted by molar-refractivity contribution is -0.110. The molecule has 1 saturated carbocycles. The minimum absolute atomic E-state index is 0.207. The van der Waals surface area contributed by atoms with Crippen LogP contribution >= 0.6 is 0 Å². The molecule has 0 bridgehead atoms. The molecule has 1 N–H and O–H groups in total. The van der Waals surface area contributed by atoms with Gasteiger partial charge < -0.3 is 14.7 Å². The average molecular weight is 244 g/mol. The Balaban J connectivity index is 2.01. The fourth-order valence-corrected chi connectivity index (χ4v) is 2.83. The van der Waals surface area contributed by atoms with Crippen LogP contribution in [0.1, 0.15) is 25.3 Å². The number of hydrogen-bond acceptors (Lipinski definition) is 4. The van der Waals surface area contributed by atoms with Gasteiger partial charge in [-0.15, -0.1) is 0 Å². The smallest absolute Gasteiger partial charge is 0.145 e. The normalized spacial score (nSPS) is 23.4. The van der Waals surface area contributed by atoms with Crippen LogP contribution in [-0.2, 0) is 4.79 Å². The molecule has 0 saturated heterocycles. The molecule has 2 heterocycles. The van der Waals surface area contributed by atoms with Gasteiger partial charge in [0.2, 0.25) is 0 Å². The van der Waals surface area contributed by atoms with Crippen molar-refractivity contribution in [2.75, 3.05) is 12.4 Å². The zero-order valence-corrected chi connectivity index (χ0v) is 10.3. The Labute approximate surface area is 105 Å². The van der Waals surface area contributed by atoms with E-state index in [1.165, 1.54) is 0 Å². The molecule has 0 aromatic carbocycles. The molecule has 94 valence electrons. The number of rotatable bonds is 3. The lowest BCUT2D eigenvalue weighted by Crippen LogP contribution is -2.06. The number of nitrogens with zero attached hydrogens (tertiary/aromatic N) is 3. The second-order valence-corrected chi connectivity index (χ2v) is 4.80. The van der Waals surface area contributed by atoms with Gasteiger partial charge in [0.05, 0.1) is 5.39 Å². The van der Waals surface area contributed by atoms with E-state index in [9.17, 15) is 4.79 Å². The number of hydrogen-bond donors (Lipinski definition) is 1. The van der Waals surface area contributed by atoms with Crippen molar-refractivity contribution in [2.45, 2.75) is 25.3 Å². The highest BCUT2D eigenvalue weighted by atomic mass is 16.1. The van der Waals surface area contributed by atoms with Gasteiger partial charge >= 0.3 is 0 Å². The lowest BCUT2D eigenvalue weighted by Gasteiger charge is -2.13.